The van der Waals surface area contributed by atoms with E-state index < -0.39 is 0 Å². The van der Waals surface area contributed by atoms with Crippen molar-refractivity contribution in [3.63, 3.8) is 0 Å². The Morgan fingerprint density at radius 1 is 1.38 bits per heavy atom. The molecule has 0 spiro atoms. The lowest BCUT2D eigenvalue weighted by Crippen LogP contribution is -2.38. The number of hydrogen-bond donors (Lipinski definition) is 1. The van der Waals surface area contributed by atoms with Gasteiger partial charge in [0.1, 0.15) is 0 Å². The number of aliphatic hydroxyl groups is 1. The average Bonchev–Trinajstić information content (AvgIpc) is 2.39. The van der Waals surface area contributed by atoms with E-state index in [1.54, 1.807) is 0 Å². The van der Waals surface area contributed by atoms with Gasteiger partial charge in [0.2, 0.25) is 0 Å². The smallest absolute Gasteiger partial charge is 0.0586 e. The summed E-state index contributed by atoms with van der Waals surface area (Å²) in [5.41, 5.74) is 0. The van der Waals surface area contributed by atoms with Crippen LogP contribution in [0.1, 0.15) is 32.1 Å². The molecule has 2 nitrogen and oxygen atoms in total. The maximum atomic E-state index is 9.19. The van der Waals surface area contributed by atoms with Crippen LogP contribution in [0.25, 0.3) is 0 Å². The molecule has 0 radical (unpaired) electrons. The molecule has 1 rings (SSSR count). The summed E-state index contributed by atoms with van der Waals surface area (Å²) in [6.07, 6.45) is 11.0. The van der Waals surface area contributed by atoms with Crippen LogP contribution in [-0.4, -0.2) is 35.7 Å². The second-order valence-corrected chi connectivity index (χ2v) is 3.68. The van der Waals surface area contributed by atoms with Crippen LogP contribution >= 0.6 is 0 Å². The summed E-state index contributed by atoms with van der Waals surface area (Å²) in [4.78, 5) is 2.34. The maximum absolute atomic E-state index is 9.19. The molecule has 0 amide bonds. The number of aliphatic hydroxyl groups excluding tert-OH is 1. The van der Waals surface area contributed by atoms with Crippen molar-refractivity contribution in [2.45, 2.75) is 38.1 Å². The van der Waals surface area contributed by atoms with Gasteiger partial charge in [-0.25, -0.2) is 0 Å². The summed E-state index contributed by atoms with van der Waals surface area (Å²) in [6, 6.07) is 0.357. The Balaban J connectivity index is 2.40. The van der Waals surface area contributed by atoms with Gasteiger partial charge in [0.05, 0.1) is 6.61 Å². The molecule has 0 saturated carbocycles. The molecule has 1 fully saturated rings. The Morgan fingerprint density at radius 2 is 2.23 bits per heavy atom. The van der Waals surface area contributed by atoms with Gasteiger partial charge in [0.15, 0.2) is 0 Å². The molecule has 1 heterocycles. The number of terminal acetylenes is 1. The van der Waals surface area contributed by atoms with Crippen molar-refractivity contribution in [3.05, 3.63) is 0 Å². The van der Waals surface area contributed by atoms with Crippen LogP contribution in [0.3, 0.4) is 0 Å². The van der Waals surface area contributed by atoms with E-state index in [0.717, 1.165) is 25.9 Å². The first-order chi connectivity index (χ1) is 6.38. The highest BCUT2D eigenvalue weighted by atomic mass is 16.3. The molecule has 1 unspecified atom stereocenters. The predicted molar refractivity (Wildman–Crippen MR) is 54.4 cm³/mol. The lowest BCUT2D eigenvalue weighted by molar-refractivity contribution is 0.127. The second kappa shape index (κ2) is 6.01. The summed E-state index contributed by atoms with van der Waals surface area (Å²) < 4.78 is 0. The van der Waals surface area contributed by atoms with E-state index >= 15 is 0 Å². The minimum atomic E-state index is 0.282. The van der Waals surface area contributed by atoms with Gasteiger partial charge in [0, 0.05) is 19.0 Å². The third-order valence-corrected chi connectivity index (χ3v) is 2.75. The van der Waals surface area contributed by atoms with E-state index in [9.17, 15) is 5.11 Å². The SMILES string of the molecule is C#CCCN1CCCCCC1CO. The van der Waals surface area contributed by atoms with Gasteiger partial charge in [-0.05, 0) is 19.4 Å². The van der Waals surface area contributed by atoms with Crippen LogP contribution in [0.15, 0.2) is 0 Å². The number of hydrogen-bond acceptors (Lipinski definition) is 2. The Hall–Kier alpha value is -0.520. The van der Waals surface area contributed by atoms with Gasteiger partial charge >= 0.3 is 0 Å². The molecule has 0 aliphatic carbocycles. The Labute approximate surface area is 80.9 Å². The van der Waals surface area contributed by atoms with Crippen LogP contribution in [0.2, 0.25) is 0 Å². The molecule has 74 valence electrons. The van der Waals surface area contributed by atoms with Gasteiger partial charge in [-0.3, -0.25) is 4.90 Å². The van der Waals surface area contributed by atoms with E-state index in [0.29, 0.717) is 6.04 Å². The topological polar surface area (TPSA) is 23.5 Å². The molecule has 0 aromatic rings. The summed E-state index contributed by atoms with van der Waals surface area (Å²) in [6.45, 7) is 2.33. The molecule has 13 heavy (non-hydrogen) atoms. The van der Waals surface area contributed by atoms with Gasteiger partial charge in [-0.15, -0.1) is 12.3 Å². The molecule has 1 atom stereocenters. The van der Waals surface area contributed by atoms with Gasteiger partial charge in [0.25, 0.3) is 0 Å². The van der Waals surface area contributed by atoms with Crippen molar-refractivity contribution in [1.29, 1.82) is 0 Å². The minimum Gasteiger partial charge on any atom is -0.395 e. The summed E-state index contributed by atoms with van der Waals surface area (Å²) in [7, 11) is 0. The molecule has 1 saturated heterocycles. The molecule has 1 aliphatic rings. The molecule has 1 N–H and O–H groups in total. The first kappa shape index (κ1) is 10.6. The van der Waals surface area contributed by atoms with Crippen molar-refractivity contribution < 1.29 is 5.11 Å². The Kier molecular flexibility index (Phi) is 4.88. The first-order valence-corrected chi connectivity index (χ1v) is 5.17. The third-order valence-electron chi connectivity index (χ3n) is 2.75. The van der Waals surface area contributed by atoms with Crippen molar-refractivity contribution in [3.8, 4) is 12.3 Å². The van der Waals surface area contributed by atoms with E-state index in [4.69, 9.17) is 6.42 Å². The standard InChI is InChI=1S/C11H19NO/c1-2-3-8-12-9-6-4-5-7-11(12)10-13/h1,11,13H,3-10H2. The molecular weight excluding hydrogens is 162 g/mol. The Morgan fingerprint density at radius 3 is 2.92 bits per heavy atom. The van der Waals surface area contributed by atoms with Crippen LogP contribution in [0.4, 0.5) is 0 Å². The zero-order valence-corrected chi connectivity index (χ0v) is 8.21. The summed E-state index contributed by atoms with van der Waals surface area (Å²) in [5, 5.41) is 9.19. The quantitative estimate of drug-likeness (QED) is 0.662. The van der Waals surface area contributed by atoms with E-state index in [-0.39, 0.29) is 6.61 Å². The highest BCUT2D eigenvalue weighted by Gasteiger charge is 2.18. The third kappa shape index (κ3) is 3.38. The molecule has 0 bridgehead atoms. The predicted octanol–water partition coefficient (Wildman–Crippen LogP) is 1.25. The van der Waals surface area contributed by atoms with Crippen LogP contribution in [-0.2, 0) is 0 Å². The monoisotopic (exact) mass is 181 g/mol. The highest BCUT2D eigenvalue weighted by Crippen LogP contribution is 2.16. The molecule has 0 aromatic carbocycles. The fraction of sp³-hybridized carbons (Fsp3) is 0.818. The second-order valence-electron chi connectivity index (χ2n) is 3.68. The summed E-state index contributed by atoms with van der Waals surface area (Å²) >= 11 is 0. The van der Waals surface area contributed by atoms with Crippen molar-refractivity contribution in [1.82, 2.24) is 4.90 Å². The lowest BCUT2D eigenvalue weighted by atomic mass is 10.1. The van der Waals surface area contributed by atoms with Crippen LogP contribution in [0, 0.1) is 12.3 Å². The zero-order chi connectivity index (χ0) is 9.52. The minimum absolute atomic E-state index is 0.282. The fourth-order valence-corrected chi connectivity index (χ4v) is 1.95. The first-order valence-electron chi connectivity index (χ1n) is 5.17. The number of rotatable bonds is 3. The van der Waals surface area contributed by atoms with E-state index in [2.05, 4.69) is 10.8 Å². The summed E-state index contributed by atoms with van der Waals surface area (Å²) in [5.74, 6) is 2.66. The van der Waals surface area contributed by atoms with Crippen molar-refractivity contribution >= 4 is 0 Å². The van der Waals surface area contributed by atoms with Crippen molar-refractivity contribution in [2.75, 3.05) is 19.7 Å². The van der Waals surface area contributed by atoms with Gasteiger partial charge < -0.3 is 5.11 Å². The number of likely N-dealkylation sites (tertiary alicyclic amines) is 1. The maximum Gasteiger partial charge on any atom is 0.0586 e. The normalized spacial score (nSPS) is 25.1. The fourth-order valence-electron chi connectivity index (χ4n) is 1.95. The van der Waals surface area contributed by atoms with Gasteiger partial charge in [-0.1, -0.05) is 12.8 Å². The van der Waals surface area contributed by atoms with E-state index in [1.165, 1.54) is 19.3 Å². The van der Waals surface area contributed by atoms with Crippen LogP contribution < -0.4 is 0 Å². The van der Waals surface area contributed by atoms with Gasteiger partial charge in [-0.2, -0.15) is 0 Å². The van der Waals surface area contributed by atoms with E-state index in [1.807, 2.05) is 0 Å². The highest BCUT2D eigenvalue weighted by molar-refractivity contribution is 4.86. The molecular formula is C11H19NO. The molecule has 2 heteroatoms. The Bertz CT molecular complexity index is 173. The zero-order valence-electron chi connectivity index (χ0n) is 8.21. The average molecular weight is 181 g/mol. The molecule has 0 aromatic heterocycles. The van der Waals surface area contributed by atoms with Crippen LogP contribution in [0.5, 0.6) is 0 Å². The largest absolute Gasteiger partial charge is 0.395 e. The molecule has 1 aliphatic heterocycles. The van der Waals surface area contributed by atoms with Crippen molar-refractivity contribution in [2.24, 2.45) is 0 Å². The lowest BCUT2D eigenvalue weighted by Gasteiger charge is -2.27. The number of nitrogens with zero attached hydrogens (tertiary/aromatic N) is 1.